The second-order valence-electron chi connectivity index (χ2n) is 4.91. The first kappa shape index (κ1) is 11.8. The van der Waals surface area contributed by atoms with Crippen LogP contribution < -0.4 is 5.56 Å². The van der Waals surface area contributed by atoms with E-state index < -0.39 is 0 Å². The van der Waals surface area contributed by atoms with Gasteiger partial charge in [0.25, 0.3) is 5.56 Å². The van der Waals surface area contributed by atoms with Gasteiger partial charge in [-0.1, -0.05) is 36.4 Å². The van der Waals surface area contributed by atoms with Gasteiger partial charge in [-0.15, -0.1) is 0 Å². The molecule has 3 aromatic rings. The molecule has 0 aliphatic rings. The number of fused-ring (bicyclic) bond motifs is 1. The van der Waals surface area contributed by atoms with Crippen molar-refractivity contribution in [1.29, 1.82) is 0 Å². The van der Waals surface area contributed by atoms with E-state index in [1.807, 2.05) is 26.0 Å². The Morgan fingerprint density at radius 2 is 1.84 bits per heavy atom. The average molecular weight is 252 g/mol. The number of nitrogens with one attached hydrogen (secondary N) is 1. The Bertz CT molecular complexity index is 783. The van der Waals surface area contributed by atoms with Crippen LogP contribution in [0, 0.1) is 6.92 Å². The molecule has 0 aliphatic heterocycles. The van der Waals surface area contributed by atoms with Gasteiger partial charge in [-0.05, 0) is 36.2 Å². The normalized spacial score (nSPS) is 12.7. The summed E-state index contributed by atoms with van der Waals surface area (Å²) in [4.78, 5) is 12.0. The molecular formula is C16H16N2O. The van der Waals surface area contributed by atoms with Gasteiger partial charge in [0.2, 0.25) is 0 Å². The highest BCUT2D eigenvalue weighted by Crippen LogP contribution is 2.21. The lowest BCUT2D eigenvalue weighted by Gasteiger charge is -2.13. The SMILES string of the molecule is Cc1c[nH]n(C(C)c2ccc3ccccc3c2)c1=O. The highest BCUT2D eigenvalue weighted by molar-refractivity contribution is 5.83. The zero-order chi connectivity index (χ0) is 13.4. The van der Waals surface area contributed by atoms with Crippen molar-refractivity contribution in [2.75, 3.05) is 0 Å². The molecule has 1 heterocycles. The first-order valence-corrected chi connectivity index (χ1v) is 6.42. The second-order valence-corrected chi connectivity index (χ2v) is 4.91. The highest BCUT2D eigenvalue weighted by Gasteiger charge is 2.12. The minimum atomic E-state index is 0.00538. The Hall–Kier alpha value is -2.29. The van der Waals surface area contributed by atoms with E-state index >= 15 is 0 Å². The van der Waals surface area contributed by atoms with Crippen molar-refractivity contribution in [2.45, 2.75) is 19.9 Å². The summed E-state index contributed by atoms with van der Waals surface area (Å²) < 4.78 is 1.67. The van der Waals surface area contributed by atoms with Gasteiger partial charge in [0, 0.05) is 11.8 Å². The quantitative estimate of drug-likeness (QED) is 0.747. The molecule has 19 heavy (non-hydrogen) atoms. The van der Waals surface area contributed by atoms with E-state index in [1.165, 1.54) is 10.8 Å². The van der Waals surface area contributed by atoms with Crippen molar-refractivity contribution in [3.05, 3.63) is 70.1 Å². The van der Waals surface area contributed by atoms with Gasteiger partial charge in [-0.2, -0.15) is 0 Å². The summed E-state index contributed by atoms with van der Waals surface area (Å²) in [5.74, 6) is 0. The van der Waals surface area contributed by atoms with E-state index in [-0.39, 0.29) is 11.6 Å². The fourth-order valence-corrected chi connectivity index (χ4v) is 2.38. The van der Waals surface area contributed by atoms with Gasteiger partial charge in [0.1, 0.15) is 0 Å². The first-order chi connectivity index (χ1) is 9.16. The lowest BCUT2D eigenvalue weighted by molar-refractivity contribution is 0.547. The molecule has 3 rings (SSSR count). The van der Waals surface area contributed by atoms with Gasteiger partial charge >= 0.3 is 0 Å². The Morgan fingerprint density at radius 3 is 2.53 bits per heavy atom. The lowest BCUT2D eigenvalue weighted by atomic mass is 10.0. The van der Waals surface area contributed by atoms with Crippen LogP contribution in [0.25, 0.3) is 10.8 Å². The van der Waals surface area contributed by atoms with Crippen molar-refractivity contribution in [3.8, 4) is 0 Å². The Balaban J connectivity index is 2.09. The molecule has 0 aliphatic carbocycles. The molecule has 1 aromatic heterocycles. The van der Waals surface area contributed by atoms with Gasteiger partial charge in [0.05, 0.1) is 6.04 Å². The molecular weight excluding hydrogens is 236 g/mol. The van der Waals surface area contributed by atoms with Crippen LogP contribution in [0.2, 0.25) is 0 Å². The van der Waals surface area contributed by atoms with E-state index in [1.54, 1.807) is 10.9 Å². The minimum absolute atomic E-state index is 0.00538. The third-order valence-corrected chi connectivity index (χ3v) is 3.62. The maximum Gasteiger partial charge on any atom is 0.269 e. The summed E-state index contributed by atoms with van der Waals surface area (Å²) in [6, 6.07) is 14.6. The molecule has 1 atom stereocenters. The molecule has 0 spiro atoms. The molecule has 0 bridgehead atoms. The zero-order valence-electron chi connectivity index (χ0n) is 11.1. The van der Waals surface area contributed by atoms with E-state index in [9.17, 15) is 4.79 Å². The molecule has 96 valence electrons. The number of H-pyrrole nitrogens is 1. The van der Waals surface area contributed by atoms with Crippen LogP contribution in [0.1, 0.15) is 24.1 Å². The summed E-state index contributed by atoms with van der Waals surface area (Å²) >= 11 is 0. The van der Waals surface area contributed by atoms with Gasteiger partial charge in [-0.3, -0.25) is 4.79 Å². The monoisotopic (exact) mass is 252 g/mol. The molecule has 1 N–H and O–H groups in total. The molecule has 0 fully saturated rings. The average Bonchev–Trinajstić information content (AvgIpc) is 2.78. The topological polar surface area (TPSA) is 37.8 Å². The number of aromatic nitrogens is 2. The summed E-state index contributed by atoms with van der Waals surface area (Å²) in [6.45, 7) is 3.85. The molecule has 3 nitrogen and oxygen atoms in total. The number of rotatable bonds is 2. The van der Waals surface area contributed by atoms with Crippen LogP contribution in [0.4, 0.5) is 0 Å². The number of hydrogen-bond acceptors (Lipinski definition) is 1. The lowest BCUT2D eigenvalue weighted by Crippen LogP contribution is -2.22. The molecule has 2 aromatic carbocycles. The zero-order valence-corrected chi connectivity index (χ0v) is 11.1. The van der Waals surface area contributed by atoms with Crippen LogP contribution in [0.15, 0.2) is 53.5 Å². The van der Waals surface area contributed by atoms with Crippen molar-refractivity contribution in [3.63, 3.8) is 0 Å². The number of aromatic amines is 1. The highest BCUT2D eigenvalue weighted by atomic mass is 16.1. The Labute approximate surface area is 111 Å². The smallest absolute Gasteiger partial charge is 0.269 e. The number of benzene rings is 2. The van der Waals surface area contributed by atoms with Crippen LogP contribution >= 0.6 is 0 Å². The molecule has 0 radical (unpaired) electrons. The summed E-state index contributed by atoms with van der Waals surface area (Å²) in [5, 5.41) is 5.44. The molecule has 1 unspecified atom stereocenters. The Morgan fingerprint density at radius 1 is 1.11 bits per heavy atom. The summed E-state index contributed by atoms with van der Waals surface area (Å²) in [5.41, 5.74) is 1.91. The number of nitrogens with zero attached hydrogens (tertiary/aromatic N) is 1. The van der Waals surface area contributed by atoms with Gasteiger partial charge in [0.15, 0.2) is 0 Å². The maximum absolute atomic E-state index is 12.0. The maximum atomic E-state index is 12.0. The molecule has 0 amide bonds. The molecule has 3 heteroatoms. The van der Waals surface area contributed by atoms with E-state index in [0.717, 1.165) is 11.1 Å². The second kappa shape index (κ2) is 4.43. The van der Waals surface area contributed by atoms with Crippen LogP contribution in [0.3, 0.4) is 0 Å². The molecule has 0 saturated carbocycles. The predicted molar refractivity (Wildman–Crippen MR) is 77.6 cm³/mol. The minimum Gasteiger partial charge on any atom is -0.302 e. The van der Waals surface area contributed by atoms with Crippen molar-refractivity contribution in [1.82, 2.24) is 9.78 Å². The van der Waals surface area contributed by atoms with Crippen LogP contribution in [-0.2, 0) is 0 Å². The van der Waals surface area contributed by atoms with Crippen molar-refractivity contribution >= 4 is 10.8 Å². The van der Waals surface area contributed by atoms with Crippen molar-refractivity contribution in [2.24, 2.45) is 0 Å². The van der Waals surface area contributed by atoms with Crippen LogP contribution in [-0.4, -0.2) is 9.78 Å². The largest absolute Gasteiger partial charge is 0.302 e. The van der Waals surface area contributed by atoms with E-state index in [0.29, 0.717) is 0 Å². The summed E-state index contributed by atoms with van der Waals surface area (Å²) in [6.07, 6.45) is 1.75. The van der Waals surface area contributed by atoms with E-state index in [2.05, 4.69) is 35.4 Å². The van der Waals surface area contributed by atoms with Crippen LogP contribution in [0.5, 0.6) is 0 Å². The first-order valence-electron chi connectivity index (χ1n) is 6.42. The number of aryl methyl sites for hydroxylation is 1. The van der Waals surface area contributed by atoms with Gasteiger partial charge < -0.3 is 5.10 Å². The van der Waals surface area contributed by atoms with Crippen molar-refractivity contribution < 1.29 is 0 Å². The fraction of sp³-hybridized carbons (Fsp3) is 0.188. The predicted octanol–water partition coefficient (Wildman–Crippen LogP) is 3.25. The standard InChI is InChI=1S/C16H16N2O/c1-11-10-17-18(16(11)19)12(2)14-8-7-13-5-3-4-6-15(13)9-14/h3-10,12,17H,1-2H3. The summed E-state index contributed by atoms with van der Waals surface area (Å²) in [7, 11) is 0. The fourth-order valence-electron chi connectivity index (χ4n) is 2.38. The third-order valence-electron chi connectivity index (χ3n) is 3.62. The Kier molecular flexibility index (Phi) is 2.75. The van der Waals surface area contributed by atoms with E-state index in [4.69, 9.17) is 0 Å². The van der Waals surface area contributed by atoms with Gasteiger partial charge in [-0.25, -0.2) is 4.68 Å². The molecule has 0 saturated heterocycles. The third kappa shape index (κ3) is 1.97. The number of hydrogen-bond donors (Lipinski definition) is 1.